The Morgan fingerprint density at radius 1 is 0.765 bits per heavy atom. The van der Waals surface area contributed by atoms with Crippen LogP contribution in [0.2, 0.25) is 0 Å². The molecule has 2 aromatic carbocycles. The molecular formula is C24H25N7O2S. The molecule has 0 amide bonds. The molecule has 0 bridgehead atoms. The lowest BCUT2D eigenvalue weighted by atomic mass is 10.1. The average Bonchev–Trinajstić information content (AvgIpc) is 2.85. The van der Waals surface area contributed by atoms with Crippen molar-refractivity contribution in [2.45, 2.75) is 4.90 Å². The molecular weight excluding hydrogens is 450 g/mol. The van der Waals surface area contributed by atoms with Crippen LogP contribution in [0.5, 0.6) is 0 Å². The van der Waals surface area contributed by atoms with E-state index in [0.717, 1.165) is 22.6 Å². The van der Waals surface area contributed by atoms with Crippen molar-refractivity contribution in [3.05, 3.63) is 79.3 Å². The lowest BCUT2D eigenvalue weighted by Crippen LogP contribution is -2.18. The maximum absolute atomic E-state index is 12.1. The Morgan fingerprint density at radius 3 is 2.06 bits per heavy atom. The van der Waals surface area contributed by atoms with Crippen molar-refractivity contribution in [3.63, 3.8) is 0 Å². The Morgan fingerprint density at radius 2 is 1.44 bits per heavy atom. The van der Waals surface area contributed by atoms with Gasteiger partial charge in [0.2, 0.25) is 10.0 Å². The summed E-state index contributed by atoms with van der Waals surface area (Å²) in [6.07, 6.45) is 3.29. The van der Waals surface area contributed by atoms with Gasteiger partial charge in [-0.25, -0.2) is 28.1 Å². The van der Waals surface area contributed by atoms with Gasteiger partial charge in [0.1, 0.15) is 23.8 Å². The number of nitrogens with zero attached hydrogens (tertiary/aromatic N) is 4. The van der Waals surface area contributed by atoms with Gasteiger partial charge in [0.05, 0.1) is 4.90 Å². The molecule has 10 heteroatoms. The fourth-order valence-corrected chi connectivity index (χ4v) is 4.02. The summed E-state index contributed by atoms with van der Waals surface area (Å²) in [6.45, 7) is 0. The van der Waals surface area contributed by atoms with Gasteiger partial charge in [-0.3, -0.25) is 0 Å². The summed E-state index contributed by atoms with van der Waals surface area (Å²) in [5.74, 6) is 2.01. The highest BCUT2D eigenvalue weighted by Crippen LogP contribution is 2.26. The Kier molecular flexibility index (Phi) is 6.71. The molecule has 0 radical (unpaired) electrons. The largest absolute Gasteiger partial charge is 0.363 e. The summed E-state index contributed by atoms with van der Waals surface area (Å²) in [6, 6.07) is 20.2. The van der Waals surface area contributed by atoms with Crippen molar-refractivity contribution >= 4 is 38.9 Å². The summed E-state index contributed by atoms with van der Waals surface area (Å²) in [4.78, 5) is 15.1. The first-order valence-corrected chi connectivity index (χ1v) is 12.0. The molecule has 0 aliphatic heterocycles. The normalized spacial score (nSPS) is 11.1. The van der Waals surface area contributed by atoms with Crippen LogP contribution in [0.25, 0.3) is 11.1 Å². The molecule has 34 heavy (non-hydrogen) atoms. The molecule has 0 aliphatic rings. The molecule has 0 saturated carbocycles. The van der Waals surface area contributed by atoms with E-state index < -0.39 is 10.0 Å². The summed E-state index contributed by atoms with van der Waals surface area (Å²) in [5.41, 5.74) is 3.49. The molecule has 0 spiro atoms. The van der Waals surface area contributed by atoms with Gasteiger partial charge in [-0.15, -0.1) is 0 Å². The number of sulfonamides is 1. The molecule has 2 aromatic heterocycles. The van der Waals surface area contributed by atoms with Crippen molar-refractivity contribution in [2.24, 2.45) is 0 Å². The second-order valence-electron chi connectivity index (χ2n) is 7.65. The first kappa shape index (κ1) is 23.1. The van der Waals surface area contributed by atoms with Gasteiger partial charge < -0.3 is 15.5 Å². The minimum atomic E-state index is -3.54. The third-order valence-corrected chi connectivity index (χ3v) is 6.44. The third-order valence-electron chi connectivity index (χ3n) is 5.03. The Hall–Kier alpha value is -4.02. The number of pyridine rings is 1. The van der Waals surface area contributed by atoms with E-state index in [9.17, 15) is 8.42 Å². The molecule has 2 heterocycles. The standard InChI is InChI=1S/C24H25N7O2S/c1-25-34(32,33)21-9-5-8-20(13-21)30-23-14-22(27-16-28-23)29-19-7-4-6-17(12-19)18-10-11-24(26-15-18)31(2)3/h4-16,25H,1-3H3,(H2,27,28,29,30). The fraction of sp³-hybridized carbons (Fsp3) is 0.125. The highest BCUT2D eigenvalue weighted by atomic mass is 32.2. The molecule has 174 valence electrons. The van der Waals surface area contributed by atoms with Gasteiger partial charge in [0.15, 0.2) is 0 Å². The molecule has 3 N–H and O–H groups in total. The van der Waals surface area contributed by atoms with E-state index in [1.807, 2.05) is 61.6 Å². The lowest BCUT2D eigenvalue weighted by molar-refractivity contribution is 0.588. The molecule has 0 atom stereocenters. The maximum atomic E-state index is 12.1. The quantitative estimate of drug-likeness (QED) is 0.351. The van der Waals surface area contributed by atoms with E-state index in [1.54, 1.807) is 24.3 Å². The van der Waals surface area contributed by atoms with Gasteiger partial charge >= 0.3 is 0 Å². The zero-order valence-corrected chi connectivity index (χ0v) is 19.8. The molecule has 4 rings (SSSR count). The highest BCUT2D eigenvalue weighted by Gasteiger charge is 2.12. The van der Waals surface area contributed by atoms with Crippen molar-refractivity contribution in [1.29, 1.82) is 0 Å². The topological polar surface area (TPSA) is 112 Å². The monoisotopic (exact) mass is 475 g/mol. The Labute approximate surface area is 199 Å². The molecule has 0 aliphatic carbocycles. The lowest BCUT2D eigenvalue weighted by Gasteiger charge is -2.12. The van der Waals surface area contributed by atoms with Crippen molar-refractivity contribution in [2.75, 3.05) is 36.7 Å². The minimum absolute atomic E-state index is 0.164. The number of hydrogen-bond acceptors (Lipinski definition) is 8. The van der Waals surface area contributed by atoms with Crippen LogP contribution in [0.4, 0.5) is 28.8 Å². The molecule has 9 nitrogen and oxygen atoms in total. The first-order valence-electron chi connectivity index (χ1n) is 10.5. The van der Waals surface area contributed by atoms with Crippen molar-refractivity contribution in [1.82, 2.24) is 19.7 Å². The number of aromatic nitrogens is 3. The molecule has 0 unspecified atom stereocenters. The summed E-state index contributed by atoms with van der Waals surface area (Å²) < 4.78 is 26.4. The summed E-state index contributed by atoms with van der Waals surface area (Å²) in [5, 5.41) is 6.41. The summed E-state index contributed by atoms with van der Waals surface area (Å²) in [7, 11) is 1.75. The third kappa shape index (κ3) is 5.48. The average molecular weight is 476 g/mol. The van der Waals surface area contributed by atoms with Crippen LogP contribution in [-0.4, -0.2) is 44.5 Å². The number of hydrogen-bond donors (Lipinski definition) is 3. The van der Waals surface area contributed by atoms with E-state index in [4.69, 9.17) is 0 Å². The predicted octanol–water partition coefficient (Wildman–Crippen LogP) is 4.00. The zero-order valence-electron chi connectivity index (χ0n) is 19.0. The minimum Gasteiger partial charge on any atom is -0.363 e. The fourth-order valence-electron chi connectivity index (χ4n) is 3.25. The van der Waals surface area contributed by atoms with Crippen LogP contribution in [0, 0.1) is 0 Å². The second kappa shape index (κ2) is 9.86. The predicted molar refractivity (Wildman–Crippen MR) is 135 cm³/mol. The maximum Gasteiger partial charge on any atom is 0.240 e. The van der Waals surface area contributed by atoms with Gasteiger partial charge in [0.25, 0.3) is 0 Å². The van der Waals surface area contributed by atoms with Gasteiger partial charge in [-0.05, 0) is 55.1 Å². The van der Waals surface area contributed by atoms with Crippen molar-refractivity contribution in [3.8, 4) is 11.1 Å². The molecule has 0 saturated heterocycles. The number of rotatable bonds is 8. The molecule has 4 aromatic rings. The van der Waals surface area contributed by atoms with Crippen molar-refractivity contribution < 1.29 is 8.42 Å². The highest BCUT2D eigenvalue weighted by molar-refractivity contribution is 7.89. The SMILES string of the molecule is CNS(=O)(=O)c1cccc(Nc2cc(Nc3cccc(-c4ccc(N(C)C)nc4)c3)ncn2)c1. The first-order chi connectivity index (χ1) is 16.3. The van der Waals surface area contributed by atoms with Crippen LogP contribution >= 0.6 is 0 Å². The smallest absolute Gasteiger partial charge is 0.240 e. The van der Waals surface area contributed by atoms with Crippen LogP contribution < -0.4 is 20.3 Å². The number of anilines is 5. The summed E-state index contributed by atoms with van der Waals surface area (Å²) >= 11 is 0. The Balaban J connectivity index is 1.51. The van der Waals surface area contributed by atoms with Gasteiger partial charge in [0, 0.05) is 43.3 Å². The van der Waals surface area contributed by atoms with Crippen LogP contribution in [0.15, 0.2) is 84.1 Å². The van der Waals surface area contributed by atoms with Crippen LogP contribution in [0.1, 0.15) is 0 Å². The van der Waals surface area contributed by atoms with Crippen LogP contribution in [-0.2, 0) is 10.0 Å². The number of benzene rings is 2. The number of nitrogens with one attached hydrogen (secondary N) is 3. The van der Waals surface area contributed by atoms with E-state index in [2.05, 4.69) is 30.3 Å². The Bertz CT molecular complexity index is 1390. The zero-order chi connectivity index (χ0) is 24.1. The van der Waals surface area contributed by atoms with E-state index in [1.165, 1.54) is 19.4 Å². The van der Waals surface area contributed by atoms with Crippen LogP contribution in [0.3, 0.4) is 0 Å². The van der Waals surface area contributed by atoms with E-state index >= 15 is 0 Å². The van der Waals surface area contributed by atoms with E-state index in [-0.39, 0.29) is 4.90 Å². The molecule has 0 fully saturated rings. The second-order valence-corrected chi connectivity index (χ2v) is 9.54. The van der Waals surface area contributed by atoms with Gasteiger partial charge in [-0.1, -0.05) is 18.2 Å². The van der Waals surface area contributed by atoms with E-state index in [0.29, 0.717) is 17.3 Å². The van der Waals surface area contributed by atoms with Gasteiger partial charge in [-0.2, -0.15) is 0 Å².